The average Bonchev–Trinajstić information content (AvgIpc) is 2.51. The summed E-state index contributed by atoms with van der Waals surface area (Å²) in [5.74, 6) is -0.693. The average molecular weight is 301 g/mol. The highest BCUT2D eigenvalue weighted by molar-refractivity contribution is 6.02. The molecule has 22 heavy (non-hydrogen) atoms. The van der Waals surface area contributed by atoms with Gasteiger partial charge < -0.3 is 14.4 Å². The number of carboxylic acids is 1. The van der Waals surface area contributed by atoms with Crippen LogP contribution in [0.25, 0.3) is 10.9 Å². The van der Waals surface area contributed by atoms with Gasteiger partial charge in [-0.15, -0.1) is 0 Å². The SMILES string of the molecule is C[C@H]1CCCOC1Cn1c(=O)cc(C(=O)O)c2ccccc21. The van der Waals surface area contributed by atoms with Crippen LogP contribution >= 0.6 is 0 Å². The first-order valence-electron chi connectivity index (χ1n) is 7.55. The van der Waals surface area contributed by atoms with Gasteiger partial charge in [0.2, 0.25) is 0 Å². The van der Waals surface area contributed by atoms with E-state index in [4.69, 9.17) is 4.74 Å². The van der Waals surface area contributed by atoms with E-state index in [1.54, 1.807) is 22.8 Å². The lowest BCUT2D eigenvalue weighted by atomic mass is 9.96. The number of carboxylic acid groups (broad SMARTS) is 1. The summed E-state index contributed by atoms with van der Waals surface area (Å²) in [5.41, 5.74) is 0.403. The van der Waals surface area contributed by atoms with Gasteiger partial charge in [-0.3, -0.25) is 4.79 Å². The first kappa shape index (κ1) is 14.8. The maximum atomic E-state index is 12.4. The largest absolute Gasteiger partial charge is 0.478 e. The number of hydrogen-bond donors (Lipinski definition) is 1. The molecule has 0 amide bonds. The summed E-state index contributed by atoms with van der Waals surface area (Å²) in [5, 5.41) is 9.87. The maximum Gasteiger partial charge on any atom is 0.336 e. The molecule has 1 aliphatic rings. The zero-order valence-corrected chi connectivity index (χ0v) is 12.5. The monoisotopic (exact) mass is 301 g/mol. The molecule has 5 heteroatoms. The zero-order chi connectivity index (χ0) is 15.7. The molecule has 0 spiro atoms. The van der Waals surface area contributed by atoms with Gasteiger partial charge in [-0.05, 0) is 24.8 Å². The molecule has 1 aromatic carbocycles. The third-order valence-electron chi connectivity index (χ3n) is 4.38. The lowest BCUT2D eigenvalue weighted by Gasteiger charge is -2.30. The molecule has 2 heterocycles. The van der Waals surface area contributed by atoms with E-state index in [9.17, 15) is 14.7 Å². The molecule has 1 N–H and O–H groups in total. The van der Waals surface area contributed by atoms with Crippen LogP contribution in [-0.4, -0.2) is 28.4 Å². The van der Waals surface area contributed by atoms with Crippen molar-refractivity contribution < 1.29 is 14.6 Å². The molecule has 2 aromatic rings. The minimum Gasteiger partial charge on any atom is -0.478 e. The predicted molar refractivity (Wildman–Crippen MR) is 83.3 cm³/mol. The molecule has 116 valence electrons. The first-order valence-corrected chi connectivity index (χ1v) is 7.55. The molecule has 0 radical (unpaired) electrons. The van der Waals surface area contributed by atoms with Gasteiger partial charge in [-0.1, -0.05) is 25.1 Å². The van der Waals surface area contributed by atoms with Gasteiger partial charge in [0.15, 0.2) is 0 Å². The summed E-state index contributed by atoms with van der Waals surface area (Å²) in [7, 11) is 0. The van der Waals surface area contributed by atoms with Crippen molar-refractivity contribution >= 4 is 16.9 Å². The van der Waals surface area contributed by atoms with Crippen LogP contribution < -0.4 is 5.56 Å². The third kappa shape index (κ3) is 2.64. The normalized spacial score (nSPS) is 21.9. The number of carbonyl (C=O) groups is 1. The van der Waals surface area contributed by atoms with Crippen LogP contribution in [0.1, 0.15) is 30.1 Å². The van der Waals surface area contributed by atoms with Gasteiger partial charge in [0, 0.05) is 18.1 Å². The smallest absolute Gasteiger partial charge is 0.336 e. The second kappa shape index (κ2) is 5.93. The molecule has 0 aliphatic carbocycles. The van der Waals surface area contributed by atoms with Crippen LogP contribution in [-0.2, 0) is 11.3 Å². The first-order chi connectivity index (χ1) is 10.6. The van der Waals surface area contributed by atoms with Gasteiger partial charge in [0.25, 0.3) is 5.56 Å². The molecular formula is C17H19NO4. The number of aromatic nitrogens is 1. The van der Waals surface area contributed by atoms with Crippen molar-refractivity contribution in [3.05, 3.63) is 46.2 Å². The van der Waals surface area contributed by atoms with E-state index in [0.29, 0.717) is 23.4 Å². The van der Waals surface area contributed by atoms with Crippen molar-refractivity contribution in [3.8, 4) is 0 Å². The Bertz CT molecular complexity index is 765. The van der Waals surface area contributed by atoms with E-state index in [1.807, 2.05) is 6.07 Å². The zero-order valence-electron chi connectivity index (χ0n) is 12.5. The molecule has 0 saturated carbocycles. The second-order valence-electron chi connectivity index (χ2n) is 5.86. The van der Waals surface area contributed by atoms with Gasteiger partial charge in [0.1, 0.15) is 0 Å². The van der Waals surface area contributed by atoms with Gasteiger partial charge in [-0.2, -0.15) is 0 Å². The van der Waals surface area contributed by atoms with Crippen LogP contribution in [0.15, 0.2) is 35.1 Å². The number of hydrogen-bond acceptors (Lipinski definition) is 3. The van der Waals surface area contributed by atoms with E-state index in [2.05, 4.69) is 6.92 Å². The number of fused-ring (bicyclic) bond motifs is 1. The molecule has 1 aromatic heterocycles. The molecule has 1 unspecified atom stereocenters. The maximum absolute atomic E-state index is 12.4. The molecule has 5 nitrogen and oxygen atoms in total. The summed E-state index contributed by atoms with van der Waals surface area (Å²) < 4.78 is 7.43. The number of para-hydroxylation sites is 1. The summed E-state index contributed by atoms with van der Waals surface area (Å²) >= 11 is 0. The van der Waals surface area contributed by atoms with Crippen molar-refractivity contribution in [1.29, 1.82) is 0 Å². The number of pyridine rings is 1. The predicted octanol–water partition coefficient (Wildman–Crippen LogP) is 2.51. The fraction of sp³-hybridized carbons (Fsp3) is 0.412. The highest BCUT2D eigenvalue weighted by Gasteiger charge is 2.24. The van der Waals surface area contributed by atoms with Crippen molar-refractivity contribution in [3.63, 3.8) is 0 Å². The lowest BCUT2D eigenvalue weighted by molar-refractivity contribution is -0.0293. The van der Waals surface area contributed by atoms with Crippen LogP contribution in [0.3, 0.4) is 0 Å². The number of rotatable bonds is 3. The van der Waals surface area contributed by atoms with Gasteiger partial charge in [0.05, 0.1) is 23.7 Å². The Labute approximate surface area is 128 Å². The standard InChI is InChI=1S/C17H19NO4/c1-11-5-4-8-22-15(11)10-18-14-7-3-2-6-12(14)13(17(20)21)9-16(18)19/h2-3,6-7,9,11,15H,4-5,8,10H2,1H3,(H,20,21)/t11-,15?/m0/s1. The second-order valence-corrected chi connectivity index (χ2v) is 5.86. The summed E-state index contributed by atoms with van der Waals surface area (Å²) in [6.07, 6.45) is 2.13. The van der Waals surface area contributed by atoms with E-state index < -0.39 is 5.97 Å². The lowest BCUT2D eigenvalue weighted by Crippen LogP contribution is -2.35. The van der Waals surface area contributed by atoms with Crippen molar-refractivity contribution in [2.45, 2.75) is 32.4 Å². The number of nitrogens with zero attached hydrogens (tertiary/aromatic N) is 1. The number of ether oxygens (including phenoxy) is 1. The third-order valence-corrected chi connectivity index (χ3v) is 4.38. The fourth-order valence-corrected chi connectivity index (χ4v) is 3.10. The van der Waals surface area contributed by atoms with Crippen LogP contribution in [0.4, 0.5) is 0 Å². The minimum atomic E-state index is -1.08. The Kier molecular flexibility index (Phi) is 3.98. The quantitative estimate of drug-likeness (QED) is 0.946. The Morgan fingerprint density at radius 1 is 1.41 bits per heavy atom. The molecule has 0 bridgehead atoms. The Morgan fingerprint density at radius 2 is 2.18 bits per heavy atom. The Hall–Kier alpha value is -2.14. The van der Waals surface area contributed by atoms with Crippen LogP contribution in [0.5, 0.6) is 0 Å². The number of aromatic carboxylic acids is 1. The molecule has 3 rings (SSSR count). The highest BCUT2D eigenvalue weighted by atomic mass is 16.5. The Balaban J connectivity index is 2.10. The van der Waals surface area contributed by atoms with Crippen LogP contribution in [0.2, 0.25) is 0 Å². The van der Waals surface area contributed by atoms with E-state index in [0.717, 1.165) is 19.4 Å². The van der Waals surface area contributed by atoms with Gasteiger partial charge in [-0.25, -0.2) is 4.79 Å². The summed E-state index contributed by atoms with van der Waals surface area (Å²) in [4.78, 5) is 23.7. The van der Waals surface area contributed by atoms with Crippen molar-refractivity contribution in [2.75, 3.05) is 6.61 Å². The Morgan fingerprint density at radius 3 is 2.91 bits per heavy atom. The topological polar surface area (TPSA) is 68.5 Å². The van der Waals surface area contributed by atoms with E-state index >= 15 is 0 Å². The van der Waals surface area contributed by atoms with Crippen molar-refractivity contribution in [2.24, 2.45) is 5.92 Å². The van der Waals surface area contributed by atoms with Gasteiger partial charge >= 0.3 is 5.97 Å². The number of benzene rings is 1. The highest BCUT2D eigenvalue weighted by Crippen LogP contribution is 2.23. The van der Waals surface area contributed by atoms with Crippen molar-refractivity contribution in [1.82, 2.24) is 4.57 Å². The molecule has 1 saturated heterocycles. The summed E-state index contributed by atoms with van der Waals surface area (Å²) in [6, 6.07) is 8.33. The molecule has 2 atom stereocenters. The summed E-state index contributed by atoms with van der Waals surface area (Å²) in [6.45, 7) is 3.30. The van der Waals surface area contributed by atoms with Crippen LogP contribution in [0, 0.1) is 5.92 Å². The molecule has 1 aliphatic heterocycles. The minimum absolute atomic E-state index is 0.00876. The van der Waals surface area contributed by atoms with E-state index in [1.165, 1.54) is 6.07 Å². The fourth-order valence-electron chi connectivity index (χ4n) is 3.10. The van der Waals surface area contributed by atoms with E-state index in [-0.39, 0.29) is 17.2 Å². The molecular weight excluding hydrogens is 282 g/mol. The molecule has 1 fully saturated rings.